The lowest BCUT2D eigenvalue weighted by molar-refractivity contribution is -0.151. The first-order chi connectivity index (χ1) is 7.94. The molecular weight excluding hydrogens is 220 g/mol. The van der Waals surface area contributed by atoms with Crippen molar-refractivity contribution < 1.29 is 14.7 Å². The fraction of sp³-hybridized carbons (Fsp3) is 0.833. The highest BCUT2D eigenvalue weighted by Crippen LogP contribution is 2.33. The number of hydrogen-bond donors (Lipinski definition) is 1. The molecular formula is C12H22N2O3. The molecule has 1 rings (SSSR count). The van der Waals surface area contributed by atoms with E-state index in [2.05, 4.69) is 0 Å². The van der Waals surface area contributed by atoms with Crippen molar-refractivity contribution in [3.8, 4) is 0 Å². The van der Waals surface area contributed by atoms with Gasteiger partial charge in [0.2, 0.25) is 5.91 Å². The smallest absolute Gasteiger partial charge is 0.324 e. The Morgan fingerprint density at radius 2 is 2.06 bits per heavy atom. The van der Waals surface area contributed by atoms with Gasteiger partial charge in [-0.05, 0) is 25.8 Å². The van der Waals surface area contributed by atoms with E-state index in [1.807, 2.05) is 11.8 Å². The number of likely N-dealkylation sites (tertiary alicyclic amines) is 1. The number of carboxylic acid groups (broad SMARTS) is 1. The van der Waals surface area contributed by atoms with E-state index in [0.717, 1.165) is 12.8 Å². The van der Waals surface area contributed by atoms with Crippen molar-refractivity contribution >= 4 is 11.9 Å². The van der Waals surface area contributed by atoms with Crippen LogP contribution in [-0.2, 0) is 9.59 Å². The van der Waals surface area contributed by atoms with Crippen LogP contribution in [0.5, 0.6) is 0 Å². The molecule has 0 aromatic rings. The average molecular weight is 242 g/mol. The highest BCUT2D eigenvalue weighted by atomic mass is 16.4. The summed E-state index contributed by atoms with van der Waals surface area (Å²) >= 11 is 0. The van der Waals surface area contributed by atoms with Gasteiger partial charge in [0.1, 0.15) is 5.54 Å². The molecule has 1 heterocycles. The lowest BCUT2D eigenvalue weighted by Gasteiger charge is -2.34. The monoisotopic (exact) mass is 242 g/mol. The van der Waals surface area contributed by atoms with Crippen LogP contribution in [0.15, 0.2) is 0 Å². The average Bonchev–Trinajstić information content (AvgIpc) is 2.63. The van der Waals surface area contributed by atoms with Gasteiger partial charge in [-0.1, -0.05) is 13.3 Å². The Kier molecular flexibility index (Phi) is 4.51. The lowest BCUT2D eigenvalue weighted by Crippen LogP contribution is -2.53. The summed E-state index contributed by atoms with van der Waals surface area (Å²) in [5.74, 6) is -0.822. The molecule has 98 valence electrons. The summed E-state index contributed by atoms with van der Waals surface area (Å²) < 4.78 is 0. The molecule has 0 radical (unpaired) electrons. The van der Waals surface area contributed by atoms with E-state index in [-0.39, 0.29) is 12.5 Å². The summed E-state index contributed by atoms with van der Waals surface area (Å²) in [6, 6.07) is 0. The molecule has 0 aromatic carbocycles. The first-order valence-corrected chi connectivity index (χ1v) is 6.12. The maximum Gasteiger partial charge on any atom is 0.324 e. The van der Waals surface area contributed by atoms with Gasteiger partial charge in [-0.15, -0.1) is 0 Å². The topological polar surface area (TPSA) is 60.9 Å². The zero-order valence-electron chi connectivity index (χ0n) is 10.9. The van der Waals surface area contributed by atoms with E-state index in [1.54, 1.807) is 14.1 Å². The number of carbonyl (C=O) groups is 2. The van der Waals surface area contributed by atoms with E-state index >= 15 is 0 Å². The quantitative estimate of drug-likeness (QED) is 0.774. The third-order valence-electron chi connectivity index (χ3n) is 3.51. The van der Waals surface area contributed by atoms with Gasteiger partial charge >= 0.3 is 5.97 Å². The third kappa shape index (κ3) is 2.77. The van der Waals surface area contributed by atoms with Crippen LogP contribution in [0.4, 0.5) is 0 Å². The Morgan fingerprint density at radius 3 is 2.53 bits per heavy atom. The first kappa shape index (κ1) is 14.0. The van der Waals surface area contributed by atoms with Crippen LogP contribution in [0.3, 0.4) is 0 Å². The van der Waals surface area contributed by atoms with Crippen LogP contribution < -0.4 is 0 Å². The van der Waals surface area contributed by atoms with E-state index in [9.17, 15) is 14.7 Å². The minimum Gasteiger partial charge on any atom is -0.480 e. The van der Waals surface area contributed by atoms with Crippen molar-refractivity contribution in [1.29, 1.82) is 0 Å². The van der Waals surface area contributed by atoms with Gasteiger partial charge in [-0.3, -0.25) is 14.5 Å². The van der Waals surface area contributed by atoms with Gasteiger partial charge in [-0.25, -0.2) is 0 Å². The Morgan fingerprint density at radius 1 is 1.41 bits per heavy atom. The predicted molar refractivity (Wildman–Crippen MR) is 64.8 cm³/mol. The summed E-state index contributed by atoms with van der Waals surface area (Å²) in [6.07, 6.45) is 2.94. The molecule has 0 spiro atoms. The van der Waals surface area contributed by atoms with Crippen LogP contribution in [0.2, 0.25) is 0 Å². The number of likely N-dealkylation sites (N-methyl/N-ethyl adjacent to an activating group) is 1. The first-order valence-electron chi connectivity index (χ1n) is 6.12. The maximum absolute atomic E-state index is 11.7. The largest absolute Gasteiger partial charge is 0.480 e. The van der Waals surface area contributed by atoms with Crippen LogP contribution in [0.25, 0.3) is 0 Å². The molecule has 1 atom stereocenters. The second-order valence-corrected chi connectivity index (χ2v) is 4.90. The second-order valence-electron chi connectivity index (χ2n) is 4.90. The molecule has 1 saturated heterocycles. The summed E-state index contributed by atoms with van der Waals surface area (Å²) in [5, 5.41) is 9.45. The zero-order chi connectivity index (χ0) is 13.1. The molecule has 5 nitrogen and oxygen atoms in total. The van der Waals surface area contributed by atoms with Crippen molar-refractivity contribution in [2.75, 3.05) is 27.2 Å². The summed E-state index contributed by atoms with van der Waals surface area (Å²) in [7, 11) is 3.39. The number of carboxylic acids is 1. The highest BCUT2D eigenvalue weighted by molar-refractivity contribution is 5.82. The van der Waals surface area contributed by atoms with Crippen molar-refractivity contribution in [2.45, 2.75) is 38.1 Å². The van der Waals surface area contributed by atoms with Crippen molar-refractivity contribution in [3.63, 3.8) is 0 Å². The van der Waals surface area contributed by atoms with Gasteiger partial charge < -0.3 is 10.0 Å². The minimum atomic E-state index is -0.819. The molecule has 1 fully saturated rings. The van der Waals surface area contributed by atoms with Crippen molar-refractivity contribution in [1.82, 2.24) is 9.80 Å². The molecule has 1 amide bonds. The number of aliphatic carboxylic acids is 1. The van der Waals surface area contributed by atoms with Crippen LogP contribution in [0, 0.1) is 0 Å². The molecule has 1 aliphatic rings. The summed E-state index contributed by atoms with van der Waals surface area (Å²) in [5.41, 5.74) is -0.819. The Hall–Kier alpha value is -1.10. The number of hydrogen-bond acceptors (Lipinski definition) is 3. The lowest BCUT2D eigenvalue weighted by atomic mass is 9.90. The Bertz CT molecular complexity index is 304. The SMILES string of the molecule is CCCC1(C(=O)O)CCCN1CC(=O)N(C)C. The van der Waals surface area contributed by atoms with Crippen LogP contribution in [0.1, 0.15) is 32.6 Å². The summed E-state index contributed by atoms with van der Waals surface area (Å²) in [4.78, 5) is 26.6. The highest BCUT2D eigenvalue weighted by Gasteiger charge is 2.47. The molecule has 5 heteroatoms. The van der Waals surface area contributed by atoms with Gasteiger partial charge in [-0.2, -0.15) is 0 Å². The van der Waals surface area contributed by atoms with Gasteiger partial charge in [0, 0.05) is 14.1 Å². The van der Waals surface area contributed by atoms with Gasteiger partial charge in [0.15, 0.2) is 0 Å². The zero-order valence-corrected chi connectivity index (χ0v) is 10.9. The van der Waals surface area contributed by atoms with Crippen molar-refractivity contribution in [2.24, 2.45) is 0 Å². The molecule has 1 aliphatic heterocycles. The minimum absolute atomic E-state index is 0.0337. The van der Waals surface area contributed by atoms with Gasteiger partial charge in [0.05, 0.1) is 6.54 Å². The molecule has 0 aromatic heterocycles. The summed E-state index contributed by atoms with van der Waals surface area (Å²) in [6.45, 7) is 2.89. The number of amides is 1. The van der Waals surface area contributed by atoms with E-state index in [1.165, 1.54) is 4.90 Å². The van der Waals surface area contributed by atoms with E-state index in [0.29, 0.717) is 19.4 Å². The Balaban J connectivity index is 2.82. The molecule has 0 saturated carbocycles. The third-order valence-corrected chi connectivity index (χ3v) is 3.51. The number of carbonyl (C=O) groups excluding carboxylic acids is 1. The molecule has 1 unspecified atom stereocenters. The fourth-order valence-corrected chi connectivity index (χ4v) is 2.52. The fourth-order valence-electron chi connectivity index (χ4n) is 2.52. The Labute approximate surface area is 102 Å². The van der Waals surface area contributed by atoms with E-state index < -0.39 is 11.5 Å². The van der Waals surface area contributed by atoms with Crippen molar-refractivity contribution in [3.05, 3.63) is 0 Å². The molecule has 0 bridgehead atoms. The van der Waals surface area contributed by atoms with Crippen LogP contribution >= 0.6 is 0 Å². The predicted octanol–water partition coefficient (Wildman–Crippen LogP) is 0.794. The molecule has 1 N–H and O–H groups in total. The number of rotatable bonds is 5. The number of nitrogens with zero attached hydrogens (tertiary/aromatic N) is 2. The van der Waals surface area contributed by atoms with Gasteiger partial charge in [0.25, 0.3) is 0 Å². The molecule has 0 aliphatic carbocycles. The van der Waals surface area contributed by atoms with Crippen LogP contribution in [-0.4, -0.2) is 59.5 Å². The molecule has 17 heavy (non-hydrogen) atoms. The maximum atomic E-state index is 11.7. The standard InChI is InChI=1S/C12H22N2O3/c1-4-6-12(11(16)17)7-5-8-14(12)9-10(15)13(2)3/h4-9H2,1-3H3,(H,16,17). The second kappa shape index (κ2) is 5.49. The normalized spacial score (nSPS) is 24.9. The van der Waals surface area contributed by atoms with E-state index in [4.69, 9.17) is 0 Å².